The van der Waals surface area contributed by atoms with E-state index in [0.29, 0.717) is 0 Å². The Bertz CT molecular complexity index is 634. The largest absolute Gasteiger partial charge is 0.385 e. The highest BCUT2D eigenvalue weighted by Crippen LogP contribution is 2.33. The minimum Gasteiger partial charge on any atom is -0.385 e. The average molecular weight is 353 g/mol. The lowest BCUT2D eigenvalue weighted by atomic mass is 10.3. The molecule has 1 N–H and O–H groups in total. The number of hydrogen-bond donors (Lipinski definition) is 1. The summed E-state index contributed by atoms with van der Waals surface area (Å²) < 4.78 is 0.986. The molecule has 0 spiro atoms. The van der Waals surface area contributed by atoms with Crippen molar-refractivity contribution in [1.82, 2.24) is 0 Å². The Morgan fingerprint density at radius 1 is 1.25 bits per heavy atom. The highest BCUT2D eigenvalue weighted by Gasteiger charge is 2.10. The number of benzene rings is 2. The van der Waals surface area contributed by atoms with Gasteiger partial charge in [-0.15, -0.1) is 0 Å². The van der Waals surface area contributed by atoms with Gasteiger partial charge in [-0.05, 0) is 31.2 Å². The average Bonchev–Trinajstić information content (AvgIpc) is 2.38. The molecule has 2 aromatic carbocycles. The zero-order valence-corrected chi connectivity index (χ0v) is 13.2. The molecule has 6 heteroatoms. The first kappa shape index (κ1) is 14.9. The summed E-state index contributed by atoms with van der Waals surface area (Å²) in [4.78, 5) is 12.5. The predicted molar refractivity (Wildman–Crippen MR) is 85.5 cm³/mol. The summed E-state index contributed by atoms with van der Waals surface area (Å²) in [6, 6.07) is 12.9. The van der Waals surface area contributed by atoms with E-state index >= 15 is 0 Å². The van der Waals surface area contributed by atoms with Crippen LogP contribution in [-0.4, -0.2) is 11.5 Å². The summed E-state index contributed by atoms with van der Waals surface area (Å²) in [5.74, 6) is 0. The fourth-order valence-electron chi connectivity index (χ4n) is 1.72. The number of anilines is 1. The number of nitrogens with zero attached hydrogens (tertiary/aromatic N) is 1. The third-order valence-corrected chi connectivity index (χ3v) is 3.97. The number of nitro groups is 1. The summed E-state index contributed by atoms with van der Waals surface area (Å²) in [5, 5.41) is 14.1. The molecule has 2 rings (SSSR count). The quantitative estimate of drug-likeness (QED) is 0.611. The van der Waals surface area contributed by atoms with Crippen LogP contribution in [0, 0.1) is 10.1 Å². The molecule has 0 fully saturated rings. The van der Waals surface area contributed by atoms with Gasteiger partial charge in [0, 0.05) is 38.6 Å². The van der Waals surface area contributed by atoms with Crippen LogP contribution in [0.3, 0.4) is 0 Å². The van der Waals surface area contributed by atoms with Crippen molar-refractivity contribution in [1.29, 1.82) is 0 Å². The molecule has 4 nitrogen and oxygen atoms in total. The molecule has 0 saturated heterocycles. The van der Waals surface area contributed by atoms with Gasteiger partial charge < -0.3 is 5.32 Å². The molecule has 0 unspecified atom stereocenters. The van der Waals surface area contributed by atoms with Gasteiger partial charge in [0.25, 0.3) is 5.69 Å². The summed E-state index contributed by atoms with van der Waals surface area (Å²) in [6.45, 7) is 2.68. The first-order chi connectivity index (χ1) is 9.58. The van der Waals surface area contributed by atoms with E-state index in [-0.39, 0.29) is 10.6 Å². The minimum absolute atomic E-state index is 0.0981. The molecule has 2 aromatic rings. The van der Waals surface area contributed by atoms with E-state index in [0.717, 1.165) is 26.5 Å². The molecular formula is C14H13BrN2O2S. The lowest BCUT2D eigenvalue weighted by Crippen LogP contribution is -1.98. The summed E-state index contributed by atoms with van der Waals surface area (Å²) in [6.07, 6.45) is 0. The molecule has 0 aliphatic carbocycles. The van der Waals surface area contributed by atoms with E-state index in [4.69, 9.17) is 0 Å². The predicted octanol–water partition coefficient (Wildman–Crippen LogP) is 4.94. The van der Waals surface area contributed by atoms with Crippen LogP contribution in [0.5, 0.6) is 0 Å². The Morgan fingerprint density at radius 3 is 2.70 bits per heavy atom. The SMILES string of the molecule is CCNc1cc(Sc2cccc(Br)c2)cc([N+](=O)[O-])c1. The Hall–Kier alpha value is -1.53. The zero-order chi connectivity index (χ0) is 14.5. The van der Waals surface area contributed by atoms with Crippen LogP contribution in [0.1, 0.15) is 6.92 Å². The molecule has 20 heavy (non-hydrogen) atoms. The van der Waals surface area contributed by atoms with Crippen LogP contribution in [0.4, 0.5) is 11.4 Å². The van der Waals surface area contributed by atoms with E-state index in [2.05, 4.69) is 21.2 Å². The van der Waals surface area contributed by atoms with Crippen molar-refractivity contribution in [2.45, 2.75) is 16.7 Å². The third-order valence-electron chi connectivity index (χ3n) is 2.51. The topological polar surface area (TPSA) is 55.2 Å². The Kier molecular flexibility index (Phi) is 5.03. The van der Waals surface area contributed by atoms with Crippen molar-refractivity contribution in [3.05, 3.63) is 57.1 Å². The maximum atomic E-state index is 11.0. The van der Waals surface area contributed by atoms with Crippen LogP contribution in [0.15, 0.2) is 56.7 Å². The standard InChI is InChI=1S/C14H13BrN2O2S/c1-2-16-11-7-12(17(18)19)9-14(8-11)20-13-5-3-4-10(15)6-13/h3-9,16H,2H2,1H3. The molecule has 104 valence electrons. The fourth-order valence-corrected chi connectivity index (χ4v) is 3.24. The highest BCUT2D eigenvalue weighted by molar-refractivity contribution is 9.10. The van der Waals surface area contributed by atoms with Gasteiger partial charge in [0.15, 0.2) is 0 Å². The second-order valence-electron chi connectivity index (χ2n) is 4.06. The Labute approximate surface area is 129 Å². The Balaban J connectivity index is 2.32. The van der Waals surface area contributed by atoms with Gasteiger partial charge >= 0.3 is 0 Å². The van der Waals surface area contributed by atoms with Crippen molar-refractivity contribution in [3.63, 3.8) is 0 Å². The van der Waals surface area contributed by atoms with E-state index in [9.17, 15) is 10.1 Å². The monoisotopic (exact) mass is 352 g/mol. The lowest BCUT2D eigenvalue weighted by molar-refractivity contribution is -0.385. The van der Waals surface area contributed by atoms with Gasteiger partial charge in [0.1, 0.15) is 0 Å². The van der Waals surface area contributed by atoms with Crippen molar-refractivity contribution in [2.24, 2.45) is 0 Å². The molecule has 0 bridgehead atoms. The number of halogens is 1. The molecular weight excluding hydrogens is 340 g/mol. The van der Waals surface area contributed by atoms with Gasteiger partial charge in [0.2, 0.25) is 0 Å². The van der Waals surface area contributed by atoms with Crippen LogP contribution in [0.2, 0.25) is 0 Å². The van der Waals surface area contributed by atoms with E-state index in [1.165, 1.54) is 11.8 Å². The highest BCUT2D eigenvalue weighted by atomic mass is 79.9. The van der Waals surface area contributed by atoms with E-state index < -0.39 is 0 Å². The van der Waals surface area contributed by atoms with Crippen LogP contribution in [-0.2, 0) is 0 Å². The van der Waals surface area contributed by atoms with Crippen molar-refractivity contribution < 1.29 is 4.92 Å². The second-order valence-corrected chi connectivity index (χ2v) is 6.13. The van der Waals surface area contributed by atoms with E-state index in [1.807, 2.05) is 37.3 Å². The zero-order valence-electron chi connectivity index (χ0n) is 10.8. The maximum Gasteiger partial charge on any atom is 0.272 e. The first-order valence-electron chi connectivity index (χ1n) is 6.05. The normalized spacial score (nSPS) is 10.3. The Morgan fingerprint density at radius 2 is 2.05 bits per heavy atom. The molecule has 0 amide bonds. The number of non-ortho nitro benzene ring substituents is 1. The lowest BCUT2D eigenvalue weighted by Gasteiger charge is -2.07. The third kappa shape index (κ3) is 3.98. The minimum atomic E-state index is -0.369. The molecule has 0 saturated carbocycles. The smallest absolute Gasteiger partial charge is 0.272 e. The summed E-state index contributed by atoms with van der Waals surface area (Å²) in [7, 11) is 0. The van der Waals surface area contributed by atoms with Gasteiger partial charge in [-0.2, -0.15) is 0 Å². The first-order valence-corrected chi connectivity index (χ1v) is 7.66. The maximum absolute atomic E-state index is 11.0. The number of rotatable bonds is 5. The van der Waals surface area contributed by atoms with Crippen LogP contribution < -0.4 is 5.32 Å². The summed E-state index contributed by atoms with van der Waals surface area (Å²) >= 11 is 4.92. The van der Waals surface area contributed by atoms with Crippen molar-refractivity contribution in [3.8, 4) is 0 Å². The molecule has 0 atom stereocenters. The van der Waals surface area contributed by atoms with Gasteiger partial charge in [-0.3, -0.25) is 10.1 Å². The second kappa shape index (κ2) is 6.76. The van der Waals surface area contributed by atoms with Gasteiger partial charge in [-0.25, -0.2) is 0 Å². The molecule has 0 aliphatic heterocycles. The van der Waals surface area contributed by atoms with Crippen LogP contribution in [0.25, 0.3) is 0 Å². The number of nitro benzene ring substituents is 1. The van der Waals surface area contributed by atoms with Crippen LogP contribution >= 0.6 is 27.7 Å². The number of hydrogen-bond acceptors (Lipinski definition) is 4. The van der Waals surface area contributed by atoms with E-state index in [1.54, 1.807) is 12.1 Å². The summed E-state index contributed by atoms with van der Waals surface area (Å²) in [5.41, 5.74) is 0.861. The molecule has 0 aromatic heterocycles. The molecule has 0 aliphatic rings. The van der Waals surface area contributed by atoms with Gasteiger partial charge in [0.05, 0.1) is 4.92 Å². The number of nitrogens with one attached hydrogen (secondary N) is 1. The molecule has 0 radical (unpaired) electrons. The molecule has 0 heterocycles. The fraction of sp³-hybridized carbons (Fsp3) is 0.143. The van der Waals surface area contributed by atoms with Gasteiger partial charge in [-0.1, -0.05) is 33.8 Å². The van der Waals surface area contributed by atoms with Crippen molar-refractivity contribution in [2.75, 3.05) is 11.9 Å². The van der Waals surface area contributed by atoms with Crippen molar-refractivity contribution >= 4 is 39.1 Å².